The van der Waals surface area contributed by atoms with Crippen LogP contribution in [0, 0.1) is 0 Å². The Morgan fingerprint density at radius 1 is 1.03 bits per heavy atom. The molecule has 0 radical (unpaired) electrons. The number of ether oxygens (including phenoxy) is 1. The van der Waals surface area contributed by atoms with Crippen molar-refractivity contribution in [1.82, 2.24) is 9.88 Å². The van der Waals surface area contributed by atoms with Crippen molar-refractivity contribution in [2.24, 2.45) is 0 Å². The first kappa shape index (κ1) is 19.0. The standard InChI is InChI=1S/C24H24N2O3/c27-22-11-8-19(9-12-22)20-10-13-23(25-15-20)21-7-4-14-26(16-21)24(28)29-17-18-5-2-1-3-6-18/h1-3,5-6,8-13,15,21,27H,4,7,14,16-17H2. The molecule has 3 aromatic rings. The Morgan fingerprint density at radius 2 is 1.79 bits per heavy atom. The lowest BCUT2D eigenvalue weighted by Crippen LogP contribution is -2.39. The van der Waals surface area contributed by atoms with Crippen molar-refractivity contribution in [3.8, 4) is 16.9 Å². The van der Waals surface area contributed by atoms with Gasteiger partial charge in [-0.2, -0.15) is 0 Å². The number of phenols is 1. The normalized spacial score (nSPS) is 16.4. The molecule has 5 nitrogen and oxygen atoms in total. The van der Waals surface area contributed by atoms with Crippen molar-refractivity contribution in [2.45, 2.75) is 25.4 Å². The molecular formula is C24H24N2O3. The van der Waals surface area contributed by atoms with Crippen LogP contribution in [0.3, 0.4) is 0 Å². The van der Waals surface area contributed by atoms with Gasteiger partial charge in [0.1, 0.15) is 12.4 Å². The highest BCUT2D eigenvalue weighted by Crippen LogP contribution is 2.28. The molecule has 1 aliphatic heterocycles. The van der Waals surface area contributed by atoms with E-state index in [1.54, 1.807) is 17.0 Å². The Labute approximate surface area is 170 Å². The summed E-state index contributed by atoms with van der Waals surface area (Å²) >= 11 is 0. The van der Waals surface area contributed by atoms with Crippen LogP contribution in [0.2, 0.25) is 0 Å². The molecule has 1 aromatic heterocycles. The minimum atomic E-state index is -0.265. The maximum atomic E-state index is 12.5. The third-order valence-electron chi connectivity index (χ3n) is 5.29. The van der Waals surface area contributed by atoms with Crippen LogP contribution in [-0.4, -0.2) is 34.2 Å². The highest BCUT2D eigenvalue weighted by molar-refractivity contribution is 5.68. The molecule has 0 saturated carbocycles. The lowest BCUT2D eigenvalue weighted by molar-refractivity contribution is 0.0856. The number of aromatic nitrogens is 1. The fourth-order valence-corrected chi connectivity index (χ4v) is 3.67. The van der Waals surface area contributed by atoms with Gasteiger partial charge in [0, 0.05) is 36.5 Å². The van der Waals surface area contributed by atoms with E-state index in [0.717, 1.165) is 41.8 Å². The molecule has 1 N–H and O–H groups in total. The van der Waals surface area contributed by atoms with Gasteiger partial charge in [-0.05, 0) is 42.2 Å². The Bertz CT molecular complexity index is 940. The number of nitrogens with zero attached hydrogens (tertiary/aromatic N) is 2. The third-order valence-corrected chi connectivity index (χ3v) is 5.29. The van der Waals surface area contributed by atoms with E-state index in [0.29, 0.717) is 13.2 Å². The van der Waals surface area contributed by atoms with E-state index in [9.17, 15) is 9.90 Å². The topological polar surface area (TPSA) is 62.7 Å². The summed E-state index contributed by atoms with van der Waals surface area (Å²) in [6, 6.07) is 20.9. The number of benzene rings is 2. The fourth-order valence-electron chi connectivity index (χ4n) is 3.67. The SMILES string of the molecule is O=C(OCc1ccccc1)N1CCCC(c2ccc(-c3ccc(O)cc3)cn2)C1. The molecule has 2 heterocycles. The van der Waals surface area contributed by atoms with Crippen molar-refractivity contribution in [2.75, 3.05) is 13.1 Å². The van der Waals surface area contributed by atoms with Gasteiger partial charge >= 0.3 is 6.09 Å². The van der Waals surface area contributed by atoms with Crippen molar-refractivity contribution in [3.63, 3.8) is 0 Å². The largest absolute Gasteiger partial charge is 0.508 e. The molecule has 29 heavy (non-hydrogen) atoms. The fraction of sp³-hybridized carbons (Fsp3) is 0.250. The third kappa shape index (κ3) is 4.74. The van der Waals surface area contributed by atoms with Crippen LogP contribution < -0.4 is 0 Å². The van der Waals surface area contributed by atoms with Gasteiger partial charge in [0.15, 0.2) is 0 Å². The summed E-state index contributed by atoms with van der Waals surface area (Å²) < 4.78 is 5.48. The van der Waals surface area contributed by atoms with Crippen molar-refractivity contribution < 1.29 is 14.6 Å². The summed E-state index contributed by atoms with van der Waals surface area (Å²) in [5, 5.41) is 9.43. The molecule has 148 valence electrons. The summed E-state index contributed by atoms with van der Waals surface area (Å²) in [5.74, 6) is 0.460. The quantitative estimate of drug-likeness (QED) is 0.685. The predicted octanol–water partition coefficient (Wildman–Crippen LogP) is 4.97. The highest BCUT2D eigenvalue weighted by atomic mass is 16.6. The Morgan fingerprint density at radius 3 is 2.52 bits per heavy atom. The molecule has 1 saturated heterocycles. The number of pyridine rings is 1. The summed E-state index contributed by atoms with van der Waals surface area (Å²) in [6.07, 6.45) is 3.54. The average Bonchev–Trinajstić information content (AvgIpc) is 2.79. The molecule has 1 fully saturated rings. The first-order valence-corrected chi connectivity index (χ1v) is 9.90. The molecule has 4 rings (SSSR count). The van der Waals surface area contributed by atoms with E-state index in [1.807, 2.05) is 60.8 Å². The van der Waals surface area contributed by atoms with Crippen LogP contribution in [0.15, 0.2) is 72.9 Å². The average molecular weight is 388 g/mol. The van der Waals surface area contributed by atoms with E-state index in [-0.39, 0.29) is 17.8 Å². The maximum absolute atomic E-state index is 12.5. The Balaban J connectivity index is 1.37. The van der Waals surface area contributed by atoms with Gasteiger partial charge < -0.3 is 14.7 Å². The van der Waals surface area contributed by atoms with Gasteiger partial charge in [0.25, 0.3) is 0 Å². The number of amides is 1. The highest BCUT2D eigenvalue weighted by Gasteiger charge is 2.26. The number of carbonyl (C=O) groups is 1. The second-order valence-corrected chi connectivity index (χ2v) is 7.34. The van der Waals surface area contributed by atoms with E-state index < -0.39 is 0 Å². The smallest absolute Gasteiger partial charge is 0.410 e. The summed E-state index contributed by atoms with van der Waals surface area (Å²) in [5.41, 5.74) is 3.99. The minimum Gasteiger partial charge on any atom is -0.508 e. The Hall–Kier alpha value is -3.34. The molecule has 1 amide bonds. The number of aromatic hydroxyl groups is 1. The number of phenolic OH excluding ortho intramolecular Hbond substituents is 1. The molecule has 0 bridgehead atoms. The summed E-state index contributed by atoms with van der Waals surface area (Å²) in [7, 11) is 0. The number of hydrogen-bond donors (Lipinski definition) is 1. The molecule has 1 unspecified atom stereocenters. The van der Waals surface area contributed by atoms with Crippen molar-refractivity contribution in [1.29, 1.82) is 0 Å². The van der Waals surface area contributed by atoms with Crippen LogP contribution in [0.5, 0.6) is 5.75 Å². The molecule has 1 aliphatic rings. The van der Waals surface area contributed by atoms with Crippen LogP contribution in [0.4, 0.5) is 4.79 Å². The summed E-state index contributed by atoms with van der Waals surface area (Å²) in [4.78, 5) is 18.9. The molecular weight excluding hydrogens is 364 g/mol. The van der Waals surface area contributed by atoms with Crippen LogP contribution in [0.1, 0.15) is 30.0 Å². The van der Waals surface area contributed by atoms with Crippen molar-refractivity contribution in [3.05, 3.63) is 84.2 Å². The number of carbonyl (C=O) groups excluding carboxylic acids is 1. The lowest BCUT2D eigenvalue weighted by Gasteiger charge is -2.31. The van der Waals surface area contributed by atoms with E-state index in [4.69, 9.17) is 4.74 Å². The zero-order valence-electron chi connectivity index (χ0n) is 16.2. The van der Waals surface area contributed by atoms with Crippen LogP contribution in [0.25, 0.3) is 11.1 Å². The Kier molecular flexibility index (Phi) is 5.75. The zero-order chi connectivity index (χ0) is 20.1. The first-order valence-electron chi connectivity index (χ1n) is 9.90. The van der Waals surface area contributed by atoms with E-state index in [1.165, 1.54) is 0 Å². The van der Waals surface area contributed by atoms with Gasteiger partial charge in [-0.25, -0.2) is 4.79 Å². The monoisotopic (exact) mass is 388 g/mol. The van der Waals surface area contributed by atoms with E-state index in [2.05, 4.69) is 4.98 Å². The number of likely N-dealkylation sites (tertiary alicyclic amines) is 1. The van der Waals surface area contributed by atoms with Gasteiger partial charge in [-0.3, -0.25) is 4.98 Å². The maximum Gasteiger partial charge on any atom is 0.410 e. The van der Waals surface area contributed by atoms with Gasteiger partial charge in [0.2, 0.25) is 0 Å². The number of hydrogen-bond acceptors (Lipinski definition) is 4. The van der Waals surface area contributed by atoms with Crippen molar-refractivity contribution >= 4 is 6.09 Å². The molecule has 0 spiro atoms. The zero-order valence-corrected chi connectivity index (χ0v) is 16.2. The molecule has 1 atom stereocenters. The molecule has 5 heteroatoms. The van der Waals surface area contributed by atoms with Crippen LogP contribution >= 0.6 is 0 Å². The molecule has 0 aliphatic carbocycles. The summed E-state index contributed by atoms with van der Waals surface area (Å²) in [6.45, 7) is 1.63. The first-order chi connectivity index (χ1) is 14.2. The van der Waals surface area contributed by atoms with E-state index >= 15 is 0 Å². The second-order valence-electron chi connectivity index (χ2n) is 7.34. The van der Waals surface area contributed by atoms with Gasteiger partial charge in [-0.15, -0.1) is 0 Å². The van der Waals surface area contributed by atoms with Gasteiger partial charge in [0.05, 0.1) is 0 Å². The van der Waals surface area contributed by atoms with Gasteiger partial charge in [-0.1, -0.05) is 48.5 Å². The number of piperidine rings is 1. The molecule has 2 aromatic carbocycles. The predicted molar refractivity (Wildman–Crippen MR) is 112 cm³/mol. The lowest BCUT2D eigenvalue weighted by atomic mass is 9.94. The number of rotatable bonds is 4. The second kappa shape index (κ2) is 8.78. The minimum absolute atomic E-state index is 0.210. The van der Waals surface area contributed by atoms with Crippen LogP contribution in [-0.2, 0) is 11.3 Å².